The number of aromatic nitrogens is 1. The molecule has 0 radical (unpaired) electrons. The molecular weight excluding hydrogens is 202 g/mol. The van der Waals surface area contributed by atoms with Gasteiger partial charge in [0, 0.05) is 12.7 Å². The lowest BCUT2D eigenvalue weighted by Crippen LogP contribution is -2.10. The van der Waals surface area contributed by atoms with Crippen LogP contribution < -0.4 is 15.8 Å². The largest absolute Gasteiger partial charge is 0.495 e. The first kappa shape index (κ1) is 12.3. The zero-order valence-electron chi connectivity index (χ0n) is 9.60. The molecule has 0 saturated heterocycles. The molecule has 1 heterocycles. The molecule has 1 rings (SSSR count). The van der Waals surface area contributed by atoms with Crippen molar-refractivity contribution in [2.75, 3.05) is 20.7 Å². The molecule has 4 heteroatoms. The van der Waals surface area contributed by atoms with Gasteiger partial charge < -0.3 is 15.8 Å². The van der Waals surface area contributed by atoms with E-state index >= 15 is 0 Å². The van der Waals surface area contributed by atoms with E-state index in [4.69, 9.17) is 10.5 Å². The van der Waals surface area contributed by atoms with Crippen LogP contribution in [0.2, 0.25) is 0 Å². The van der Waals surface area contributed by atoms with Crippen LogP contribution in [0.5, 0.6) is 5.75 Å². The number of hydrogen-bond acceptors (Lipinski definition) is 4. The van der Waals surface area contributed by atoms with Crippen molar-refractivity contribution in [1.29, 1.82) is 0 Å². The molecule has 1 aromatic rings. The lowest BCUT2D eigenvalue weighted by Gasteiger charge is -2.01. The maximum atomic E-state index is 5.49. The van der Waals surface area contributed by atoms with Crippen LogP contribution >= 0.6 is 0 Å². The summed E-state index contributed by atoms with van der Waals surface area (Å²) in [6.45, 7) is 0.740. The summed E-state index contributed by atoms with van der Waals surface area (Å²) in [5, 5.41) is 3.04. The first-order valence-electron chi connectivity index (χ1n) is 5.02. The second kappa shape index (κ2) is 6.63. The number of nitrogens with zero attached hydrogens (tertiary/aromatic N) is 1. The smallest absolute Gasteiger partial charge is 0.137 e. The van der Waals surface area contributed by atoms with Gasteiger partial charge in [0.15, 0.2) is 0 Å². The molecule has 4 nitrogen and oxygen atoms in total. The third-order valence-electron chi connectivity index (χ3n) is 2.05. The number of ether oxygens (including phenoxy) is 1. The van der Waals surface area contributed by atoms with Crippen molar-refractivity contribution in [3.05, 3.63) is 41.9 Å². The Morgan fingerprint density at radius 3 is 3.00 bits per heavy atom. The van der Waals surface area contributed by atoms with Gasteiger partial charge in [-0.25, -0.2) is 0 Å². The maximum absolute atomic E-state index is 5.49. The van der Waals surface area contributed by atoms with Crippen LogP contribution in [0.4, 0.5) is 0 Å². The number of likely N-dealkylation sites (N-methyl/N-ethyl adjacent to an activating group) is 1. The van der Waals surface area contributed by atoms with E-state index in [0.29, 0.717) is 0 Å². The van der Waals surface area contributed by atoms with E-state index in [1.165, 1.54) is 0 Å². The predicted molar refractivity (Wildman–Crippen MR) is 66.0 cm³/mol. The molecule has 0 fully saturated rings. The summed E-state index contributed by atoms with van der Waals surface area (Å²) in [6, 6.07) is 1.91. The van der Waals surface area contributed by atoms with E-state index in [0.717, 1.165) is 23.4 Å². The standard InChI is InChI=1S/C12H17N3O/c1-14-7-11(6-13)4-3-10-5-12(16-2)9-15-8-10/h3-6,8-9,14H,7,13H2,1-2H3/b4-3+,11-6-. The summed E-state index contributed by atoms with van der Waals surface area (Å²) < 4.78 is 5.09. The van der Waals surface area contributed by atoms with Crippen LogP contribution in [0.25, 0.3) is 6.08 Å². The monoisotopic (exact) mass is 219 g/mol. The average molecular weight is 219 g/mol. The minimum atomic E-state index is 0.740. The summed E-state index contributed by atoms with van der Waals surface area (Å²) in [5.74, 6) is 0.744. The highest BCUT2D eigenvalue weighted by atomic mass is 16.5. The van der Waals surface area contributed by atoms with E-state index in [2.05, 4.69) is 10.3 Å². The van der Waals surface area contributed by atoms with Crippen LogP contribution in [0.15, 0.2) is 36.3 Å². The van der Waals surface area contributed by atoms with Crippen LogP contribution in [-0.4, -0.2) is 25.7 Å². The molecule has 1 aromatic heterocycles. The van der Waals surface area contributed by atoms with Gasteiger partial charge in [-0.15, -0.1) is 0 Å². The molecule has 0 aromatic carbocycles. The topological polar surface area (TPSA) is 60.2 Å². The molecule has 0 spiro atoms. The second-order valence-electron chi connectivity index (χ2n) is 3.26. The lowest BCUT2D eigenvalue weighted by atomic mass is 10.2. The number of nitrogens with two attached hydrogens (primary N) is 1. The van der Waals surface area contributed by atoms with Gasteiger partial charge in [0.2, 0.25) is 0 Å². The zero-order valence-corrected chi connectivity index (χ0v) is 9.60. The second-order valence-corrected chi connectivity index (χ2v) is 3.26. The van der Waals surface area contributed by atoms with E-state index in [9.17, 15) is 0 Å². The minimum Gasteiger partial charge on any atom is -0.495 e. The van der Waals surface area contributed by atoms with Crippen LogP contribution in [0, 0.1) is 0 Å². The highest BCUT2D eigenvalue weighted by molar-refractivity contribution is 5.53. The Bertz CT molecular complexity index is 386. The molecule has 0 atom stereocenters. The van der Waals surface area contributed by atoms with Crippen molar-refractivity contribution < 1.29 is 4.74 Å². The van der Waals surface area contributed by atoms with Crippen LogP contribution in [-0.2, 0) is 0 Å². The third kappa shape index (κ3) is 3.74. The van der Waals surface area contributed by atoms with Crippen molar-refractivity contribution in [2.24, 2.45) is 5.73 Å². The molecule has 0 aliphatic heterocycles. The summed E-state index contributed by atoms with van der Waals surface area (Å²) in [6.07, 6.45) is 8.93. The zero-order chi connectivity index (χ0) is 11.8. The van der Waals surface area contributed by atoms with E-state index in [1.807, 2.05) is 25.3 Å². The molecule has 0 aliphatic carbocycles. The quantitative estimate of drug-likeness (QED) is 0.730. The fourth-order valence-corrected chi connectivity index (χ4v) is 1.22. The molecule has 16 heavy (non-hydrogen) atoms. The Labute approximate surface area is 95.8 Å². The van der Waals surface area contributed by atoms with E-state index in [1.54, 1.807) is 25.7 Å². The molecule has 0 amide bonds. The molecule has 0 bridgehead atoms. The lowest BCUT2D eigenvalue weighted by molar-refractivity contribution is 0.413. The predicted octanol–water partition coefficient (Wildman–Crippen LogP) is 1.17. The van der Waals surface area contributed by atoms with Crippen molar-refractivity contribution in [3.8, 4) is 5.75 Å². The van der Waals surface area contributed by atoms with Gasteiger partial charge in [-0.05, 0) is 30.5 Å². The van der Waals surface area contributed by atoms with Gasteiger partial charge in [-0.2, -0.15) is 0 Å². The van der Waals surface area contributed by atoms with Gasteiger partial charge >= 0.3 is 0 Å². The summed E-state index contributed by atoms with van der Waals surface area (Å²) in [5.41, 5.74) is 7.49. The van der Waals surface area contributed by atoms with Gasteiger partial charge in [-0.1, -0.05) is 12.2 Å². The minimum absolute atomic E-state index is 0.740. The normalized spacial score (nSPS) is 12.0. The van der Waals surface area contributed by atoms with Crippen molar-refractivity contribution in [2.45, 2.75) is 0 Å². The fourth-order valence-electron chi connectivity index (χ4n) is 1.22. The van der Waals surface area contributed by atoms with Gasteiger partial charge in [0.1, 0.15) is 5.75 Å². The Morgan fingerprint density at radius 1 is 1.56 bits per heavy atom. The molecule has 3 N–H and O–H groups in total. The Morgan fingerprint density at radius 2 is 2.38 bits per heavy atom. The average Bonchev–Trinajstić information content (AvgIpc) is 2.34. The molecule has 86 valence electrons. The highest BCUT2D eigenvalue weighted by Crippen LogP contribution is 2.12. The number of hydrogen-bond donors (Lipinski definition) is 2. The van der Waals surface area contributed by atoms with Gasteiger partial charge in [0.05, 0.1) is 13.3 Å². The molecule has 0 saturated carbocycles. The number of methoxy groups -OCH3 is 1. The van der Waals surface area contributed by atoms with E-state index in [-0.39, 0.29) is 0 Å². The van der Waals surface area contributed by atoms with Crippen molar-refractivity contribution in [1.82, 2.24) is 10.3 Å². The van der Waals surface area contributed by atoms with Crippen LogP contribution in [0.3, 0.4) is 0 Å². The summed E-state index contributed by atoms with van der Waals surface area (Å²) in [7, 11) is 3.50. The third-order valence-corrected chi connectivity index (χ3v) is 2.05. The Balaban J connectivity index is 2.74. The van der Waals surface area contributed by atoms with Crippen molar-refractivity contribution >= 4 is 6.08 Å². The van der Waals surface area contributed by atoms with Gasteiger partial charge in [-0.3, -0.25) is 4.98 Å². The maximum Gasteiger partial charge on any atom is 0.137 e. The summed E-state index contributed by atoms with van der Waals surface area (Å²) >= 11 is 0. The Kier molecular flexibility index (Phi) is 5.08. The molecule has 0 unspecified atom stereocenters. The molecular formula is C12H17N3O. The summed E-state index contributed by atoms with van der Waals surface area (Å²) in [4.78, 5) is 4.06. The Hall–Kier alpha value is -1.81. The fraction of sp³-hybridized carbons (Fsp3) is 0.250. The van der Waals surface area contributed by atoms with Crippen molar-refractivity contribution in [3.63, 3.8) is 0 Å². The first-order chi connectivity index (χ1) is 7.80. The van der Waals surface area contributed by atoms with E-state index < -0.39 is 0 Å². The number of rotatable bonds is 5. The first-order valence-corrected chi connectivity index (χ1v) is 5.02. The number of nitrogens with one attached hydrogen (secondary N) is 1. The van der Waals surface area contributed by atoms with Crippen LogP contribution in [0.1, 0.15) is 5.56 Å². The van der Waals surface area contributed by atoms with Gasteiger partial charge in [0.25, 0.3) is 0 Å². The molecule has 0 aliphatic rings. The number of pyridine rings is 1. The SMILES string of the molecule is CNCC(=C\N)/C=C/c1cncc(OC)c1. The highest BCUT2D eigenvalue weighted by Gasteiger charge is 1.93.